The average Bonchev–Trinajstić information content (AvgIpc) is 3.06. The van der Waals surface area contributed by atoms with Crippen LogP contribution in [-0.4, -0.2) is 19.2 Å². The summed E-state index contributed by atoms with van der Waals surface area (Å²) in [5.74, 6) is 0.922. The van der Waals surface area contributed by atoms with E-state index in [2.05, 4.69) is 11.4 Å². The summed E-state index contributed by atoms with van der Waals surface area (Å²) in [5, 5.41) is 3.50. The highest BCUT2D eigenvalue weighted by molar-refractivity contribution is 7.99. The molecule has 2 aromatic carbocycles. The lowest BCUT2D eigenvalue weighted by Crippen LogP contribution is -2.23. The lowest BCUT2D eigenvalue weighted by Gasteiger charge is -2.14. The van der Waals surface area contributed by atoms with Gasteiger partial charge in [-0.05, 0) is 56.1 Å². The summed E-state index contributed by atoms with van der Waals surface area (Å²) < 4.78 is 6.01. The summed E-state index contributed by atoms with van der Waals surface area (Å²) in [6.45, 7) is 1.87. The Labute approximate surface area is 141 Å². The van der Waals surface area contributed by atoms with E-state index >= 15 is 0 Å². The zero-order valence-corrected chi connectivity index (χ0v) is 13.9. The van der Waals surface area contributed by atoms with Gasteiger partial charge in [0.1, 0.15) is 5.75 Å². The number of anilines is 2. The third-order valence-electron chi connectivity index (χ3n) is 4.02. The SMILES string of the molecule is Nc1ccc(Sc2ccccc2OCCC2CCCN2)cc1N. The van der Waals surface area contributed by atoms with Crippen molar-refractivity contribution in [2.75, 3.05) is 24.6 Å². The maximum absolute atomic E-state index is 6.01. The van der Waals surface area contributed by atoms with Gasteiger partial charge in [-0.25, -0.2) is 0 Å². The van der Waals surface area contributed by atoms with Crippen LogP contribution in [0.25, 0.3) is 0 Å². The molecule has 0 radical (unpaired) electrons. The molecule has 0 spiro atoms. The Morgan fingerprint density at radius 3 is 2.78 bits per heavy atom. The summed E-state index contributed by atoms with van der Waals surface area (Å²) in [7, 11) is 0. The molecule has 0 amide bonds. The average molecular weight is 329 g/mol. The summed E-state index contributed by atoms with van der Waals surface area (Å²) in [6, 6.07) is 14.4. The van der Waals surface area contributed by atoms with Crippen LogP contribution in [0.3, 0.4) is 0 Å². The lowest BCUT2D eigenvalue weighted by molar-refractivity contribution is 0.286. The fraction of sp³-hybridized carbons (Fsp3) is 0.333. The Morgan fingerprint density at radius 2 is 2.00 bits per heavy atom. The molecule has 1 fully saturated rings. The number of hydrogen-bond acceptors (Lipinski definition) is 5. The number of hydrogen-bond donors (Lipinski definition) is 3. The van der Waals surface area contributed by atoms with E-state index in [-0.39, 0.29) is 0 Å². The van der Waals surface area contributed by atoms with Crippen LogP contribution in [0.4, 0.5) is 11.4 Å². The molecule has 23 heavy (non-hydrogen) atoms. The highest BCUT2D eigenvalue weighted by Crippen LogP contribution is 2.36. The molecule has 0 bridgehead atoms. The van der Waals surface area contributed by atoms with Crippen LogP contribution in [0.5, 0.6) is 5.75 Å². The summed E-state index contributed by atoms with van der Waals surface area (Å²) in [4.78, 5) is 2.15. The third-order valence-corrected chi connectivity index (χ3v) is 5.07. The molecule has 0 aromatic heterocycles. The Morgan fingerprint density at radius 1 is 1.13 bits per heavy atom. The molecule has 0 saturated carbocycles. The zero-order chi connectivity index (χ0) is 16.1. The van der Waals surface area contributed by atoms with Crippen molar-refractivity contribution in [1.82, 2.24) is 5.32 Å². The third kappa shape index (κ3) is 4.33. The van der Waals surface area contributed by atoms with Gasteiger partial charge in [0.15, 0.2) is 0 Å². The molecule has 0 aliphatic carbocycles. The lowest BCUT2D eigenvalue weighted by atomic mass is 10.2. The number of nitrogens with one attached hydrogen (secondary N) is 1. The fourth-order valence-corrected chi connectivity index (χ4v) is 3.66. The van der Waals surface area contributed by atoms with Crippen molar-refractivity contribution in [3.05, 3.63) is 42.5 Å². The molecule has 4 nitrogen and oxygen atoms in total. The van der Waals surface area contributed by atoms with Crippen molar-refractivity contribution in [2.24, 2.45) is 0 Å². The monoisotopic (exact) mass is 329 g/mol. The first-order chi connectivity index (χ1) is 11.2. The Hall–Kier alpha value is -1.85. The number of nitrogens with two attached hydrogens (primary N) is 2. The van der Waals surface area contributed by atoms with Crippen molar-refractivity contribution in [1.29, 1.82) is 0 Å². The van der Waals surface area contributed by atoms with Gasteiger partial charge in [-0.2, -0.15) is 0 Å². The second kappa shape index (κ2) is 7.62. The van der Waals surface area contributed by atoms with Gasteiger partial charge >= 0.3 is 0 Å². The van der Waals surface area contributed by atoms with E-state index in [0.717, 1.165) is 35.1 Å². The van der Waals surface area contributed by atoms with E-state index in [1.165, 1.54) is 12.8 Å². The van der Waals surface area contributed by atoms with Crippen LogP contribution in [0.2, 0.25) is 0 Å². The van der Waals surface area contributed by atoms with Crippen molar-refractivity contribution in [3.63, 3.8) is 0 Å². The first kappa shape index (κ1) is 16.0. The van der Waals surface area contributed by atoms with Gasteiger partial charge in [0.25, 0.3) is 0 Å². The molecule has 5 heteroatoms. The van der Waals surface area contributed by atoms with Gasteiger partial charge in [0.2, 0.25) is 0 Å². The standard InChI is InChI=1S/C18H23N3OS/c19-15-8-7-14(12-16(15)20)23-18-6-2-1-5-17(18)22-11-9-13-4-3-10-21-13/h1-2,5-8,12-13,21H,3-4,9-11,19-20H2. The number of ether oxygens (including phenoxy) is 1. The fourth-order valence-electron chi connectivity index (χ4n) is 2.71. The minimum atomic E-state index is 0.603. The van der Waals surface area contributed by atoms with Crippen LogP contribution in [0, 0.1) is 0 Å². The van der Waals surface area contributed by atoms with Gasteiger partial charge in [0, 0.05) is 10.9 Å². The molecule has 5 N–H and O–H groups in total. The van der Waals surface area contributed by atoms with E-state index in [0.29, 0.717) is 17.4 Å². The van der Waals surface area contributed by atoms with Gasteiger partial charge < -0.3 is 21.5 Å². The minimum absolute atomic E-state index is 0.603. The topological polar surface area (TPSA) is 73.3 Å². The van der Waals surface area contributed by atoms with Crippen LogP contribution in [0.1, 0.15) is 19.3 Å². The predicted octanol–water partition coefficient (Wildman–Crippen LogP) is 3.52. The van der Waals surface area contributed by atoms with Gasteiger partial charge in [-0.1, -0.05) is 23.9 Å². The molecule has 1 heterocycles. The quantitative estimate of drug-likeness (QED) is 0.707. The van der Waals surface area contributed by atoms with Gasteiger partial charge in [0.05, 0.1) is 22.9 Å². The molecule has 2 aromatic rings. The van der Waals surface area contributed by atoms with Gasteiger partial charge in [-0.15, -0.1) is 0 Å². The summed E-state index contributed by atoms with van der Waals surface area (Å²) in [5.41, 5.74) is 12.9. The van der Waals surface area contributed by atoms with Crippen LogP contribution < -0.4 is 21.5 Å². The first-order valence-corrected chi connectivity index (χ1v) is 8.82. The zero-order valence-electron chi connectivity index (χ0n) is 13.1. The highest BCUT2D eigenvalue weighted by atomic mass is 32.2. The second-order valence-electron chi connectivity index (χ2n) is 5.77. The van der Waals surface area contributed by atoms with E-state index in [9.17, 15) is 0 Å². The molecule has 1 atom stereocenters. The number of benzene rings is 2. The first-order valence-electron chi connectivity index (χ1n) is 8.00. The van der Waals surface area contributed by atoms with Gasteiger partial charge in [-0.3, -0.25) is 0 Å². The maximum Gasteiger partial charge on any atom is 0.133 e. The predicted molar refractivity (Wildman–Crippen MR) is 97.0 cm³/mol. The molecular formula is C18H23N3OS. The molecule has 1 unspecified atom stereocenters. The van der Waals surface area contributed by atoms with E-state index in [1.807, 2.05) is 36.4 Å². The molecule has 1 aliphatic rings. The summed E-state index contributed by atoms with van der Waals surface area (Å²) in [6.07, 6.45) is 3.58. The Balaban J connectivity index is 1.63. The molecule has 1 saturated heterocycles. The molecule has 3 rings (SSSR count). The van der Waals surface area contributed by atoms with Crippen molar-refractivity contribution < 1.29 is 4.74 Å². The van der Waals surface area contributed by atoms with Crippen LogP contribution >= 0.6 is 11.8 Å². The largest absolute Gasteiger partial charge is 0.492 e. The molecule has 1 aliphatic heterocycles. The Bertz CT molecular complexity index is 656. The number of nitrogen functional groups attached to an aromatic ring is 2. The smallest absolute Gasteiger partial charge is 0.133 e. The maximum atomic E-state index is 6.01. The minimum Gasteiger partial charge on any atom is -0.492 e. The van der Waals surface area contributed by atoms with Crippen molar-refractivity contribution in [2.45, 2.75) is 35.1 Å². The Kier molecular flexibility index (Phi) is 5.31. The van der Waals surface area contributed by atoms with E-state index in [4.69, 9.17) is 16.2 Å². The highest BCUT2D eigenvalue weighted by Gasteiger charge is 2.14. The molecule has 122 valence electrons. The second-order valence-corrected chi connectivity index (χ2v) is 6.89. The van der Waals surface area contributed by atoms with Crippen LogP contribution in [-0.2, 0) is 0 Å². The number of para-hydroxylation sites is 1. The number of rotatable bonds is 6. The normalized spacial score (nSPS) is 17.3. The van der Waals surface area contributed by atoms with Crippen molar-refractivity contribution in [3.8, 4) is 5.75 Å². The van der Waals surface area contributed by atoms with E-state index < -0.39 is 0 Å². The van der Waals surface area contributed by atoms with Crippen LogP contribution in [0.15, 0.2) is 52.3 Å². The van der Waals surface area contributed by atoms with E-state index in [1.54, 1.807) is 11.8 Å². The summed E-state index contributed by atoms with van der Waals surface area (Å²) >= 11 is 1.64. The van der Waals surface area contributed by atoms with Crippen molar-refractivity contribution >= 4 is 23.1 Å². The molecular weight excluding hydrogens is 306 g/mol.